The topological polar surface area (TPSA) is 54.5 Å². The van der Waals surface area contributed by atoms with Gasteiger partial charge in [-0.15, -0.1) is 11.3 Å². The van der Waals surface area contributed by atoms with Gasteiger partial charge in [-0.3, -0.25) is 4.79 Å². The van der Waals surface area contributed by atoms with Gasteiger partial charge in [-0.25, -0.2) is 8.42 Å². The number of thiophene rings is 1. The molecule has 0 saturated heterocycles. The first-order valence-corrected chi connectivity index (χ1v) is 9.79. The monoisotopic (exact) mass is 337 g/mol. The van der Waals surface area contributed by atoms with Crippen molar-refractivity contribution in [3.63, 3.8) is 0 Å². The quantitative estimate of drug-likeness (QED) is 0.842. The van der Waals surface area contributed by atoms with E-state index < -0.39 is 9.84 Å². The van der Waals surface area contributed by atoms with Gasteiger partial charge in [0.2, 0.25) is 0 Å². The van der Waals surface area contributed by atoms with E-state index in [1.165, 1.54) is 6.26 Å². The van der Waals surface area contributed by atoms with Gasteiger partial charge in [-0.1, -0.05) is 18.2 Å². The molecular formula is C16H19NO3S2. The number of hydrogen-bond acceptors (Lipinski definition) is 4. The summed E-state index contributed by atoms with van der Waals surface area (Å²) >= 11 is 1.62. The van der Waals surface area contributed by atoms with E-state index in [2.05, 4.69) is 0 Å². The van der Waals surface area contributed by atoms with E-state index >= 15 is 0 Å². The summed E-state index contributed by atoms with van der Waals surface area (Å²) in [7, 11) is -1.29. The van der Waals surface area contributed by atoms with Crippen molar-refractivity contribution in [3.8, 4) is 0 Å². The van der Waals surface area contributed by atoms with E-state index in [0.717, 1.165) is 4.88 Å². The third-order valence-electron chi connectivity index (χ3n) is 3.49. The lowest BCUT2D eigenvalue weighted by Gasteiger charge is -2.24. The fraction of sp³-hybridized carbons (Fsp3) is 0.312. The maximum absolute atomic E-state index is 12.5. The minimum absolute atomic E-state index is 0.00296. The van der Waals surface area contributed by atoms with Crippen LogP contribution in [0.3, 0.4) is 0 Å². The molecular weight excluding hydrogens is 318 g/mol. The van der Waals surface area contributed by atoms with Crippen molar-refractivity contribution in [3.05, 3.63) is 57.8 Å². The number of carbonyl (C=O) groups excluding carboxylic acids is 1. The molecule has 0 aliphatic rings. The summed E-state index contributed by atoms with van der Waals surface area (Å²) < 4.78 is 22.5. The molecule has 118 valence electrons. The van der Waals surface area contributed by atoms with Crippen molar-refractivity contribution in [2.24, 2.45) is 0 Å². The van der Waals surface area contributed by atoms with Crippen LogP contribution in [0.15, 0.2) is 41.8 Å². The first kappa shape index (κ1) is 16.7. The van der Waals surface area contributed by atoms with Crippen molar-refractivity contribution in [2.75, 3.05) is 13.3 Å². The largest absolute Gasteiger partial charge is 0.334 e. The molecule has 1 unspecified atom stereocenters. The van der Waals surface area contributed by atoms with Gasteiger partial charge in [0.15, 0.2) is 9.84 Å². The van der Waals surface area contributed by atoms with E-state index in [0.29, 0.717) is 11.1 Å². The minimum atomic E-state index is -3.06. The van der Waals surface area contributed by atoms with Crippen LogP contribution in [0.2, 0.25) is 0 Å². The molecule has 0 radical (unpaired) electrons. The van der Waals surface area contributed by atoms with E-state index in [4.69, 9.17) is 0 Å². The van der Waals surface area contributed by atoms with Crippen molar-refractivity contribution in [2.45, 2.75) is 18.7 Å². The molecule has 0 N–H and O–H groups in total. The molecule has 0 fully saturated rings. The number of benzene rings is 1. The Bertz CT molecular complexity index is 734. The minimum Gasteiger partial charge on any atom is -0.334 e. The highest BCUT2D eigenvalue weighted by atomic mass is 32.2. The summed E-state index contributed by atoms with van der Waals surface area (Å²) in [6.45, 7) is 1.99. The number of amides is 1. The molecule has 1 heterocycles. The molecule has 1 aromatic heterocycles. The molecule has 2 aromatic rings. The molecule has 1 atom stereocenters. The predicted octanol–water partition coefficient (Wildman–Crippen LogP) is 3.13. The van der Waals surface area contributed by atoms with Crippen LogP contribution in [0.5, 0.6) is 0 Å². The van der Waals surface area contributed by atoms with Crippen LogP contribution in [0.4, 0.5) is 0 Å². The third-order valence-corrected chi connectivity index (χ3v) is 5.39. The average molecular weight is 337 g/mol. The number of hydrogen-bond donors (Lipinski definition) is 0. The summed E-state index contributed by atoms with van der Waals surface area (Å²) in [6, 6.07) is 10.7. The van der Waals surface area contributed by atoms with E-state index in [-0.39, 0.29) is 17.7 Å². The summed E-state index contributed by atoms with van der Waals surface area (Å²) in [5, 5.41) is 1.99. The van der Waals surface area contributed by atoms with Crippen molar-refractivity contribution in [1.82, 2.24) is 4.90 Å². The Morgan fingerprint density at radius 2 is 1.86 bits per heavy atom. The highest BCUT2D eigenvalue weighted by molar-refractivity contribution is 7.89. The Labute approximate surface area is 135 Å². The van der Waals surface area contributed by atoms with Gasteiger partial charge in [0.1, 0.15) is 0 Å². The molecule has 1 amide bonds. The van der Waals surface area contributed by atoms with Crippen LogP contribution in [0, 0.1) is 0 Å². The zero-order valence-corrected chi connectivity index (χ0v) is 14.4. The van der Waals surface area contributed by atoms with Gasteiger partial charge < -0.3 is 4.90 Å². The van der Waals surface area contributed by atoms with Gasteiger partial charge in [-0.05, 0) is 36.1 Å². The van der Waals surface area contributed by atoms with Gasteiger partial charge in [0.25, 0.3) is 5.91 Å². The molecule has 0 bridgehead atoms. The molecule has 0 aliphatic heterocycles. The van der Waals surface area contributed by atoms with Crippen LogP contribution in [-0.4, -0.2) is 32.5 Å². The SMILES string of the molecule is CC(c1cccs1)N(C)C(=O)c1ccc(CS(C)(=O)=O)cc1. The van der Waals surface area contributed by atoms with Crippen molar-refractivity contribution in [1.29, 1.82) is 0 Å². The Kier molecular flexibility index (Phi) is 5.03. The first-order valence-electron chi connectivity index (χ1n) is 6.85. The van der Waals surface area contributed by atoms with E-state index in [9.17, 15) is 13.2 Å². The molecule has 4 nitrogen and oxygen atoms in total. The Balaban J connectivity index is 2.12. The summed E-state index contributed by atoms with van der Waals surface area (Å²) in [4.78, 5) is 15.3. The number of sulfone groups is 1. The third kappa shape index (κ3) is 4.18. The van der Waals surface area contributed by atoms with Crippen LogP contribution >= 0.6 is 11.3 Å². The van der Waals surface area contributed by atoms with Crippen molar-refractivity contribution < 1.29 is 13.2 Å². The van der Waals surface area contributed by atoms with Crippen LogP contribution in [0.1, 0.15) is 33.8 Å². The van der Waals surface area contributed by atoms with Crippen LogP contribution < -0.4 is 0 Å². The average Bonchev–Trinajstić information content (AvgIpc) is 2.98. The number of rotatable bonds is 5. The smallest absolute Gasteiger partial charge is 0.254 e. The lowest BCUT2D eigenvalue weighted by Crippen LogP contribution is -2.29. The standard InChI is InChI=1S/C16H19NO3S2/c1-12(15-5-4-10-21-15)17(2)16(18)14-8-6-13(7-9-14)11-22(3,19)20/h4-10,12H,11H2,1-3H3. The molecule has 2 rings (SSSR count). The first-order chi connectivity index (χ1) is 10.3. The van der Waals surface area contributed by atoms with E-state index in [1.807, 2.05) is 24.4 Å². The van der Waals surface area contributed by atoms with E-state index in [1.54, 1.807) is 47.5 Å². The predicted molar refractivity (Wildman–Crippen MR) is 89.8 cm³/mol. The number of nitrogens with zero attached hydrogens (tertiary/aromatic N) is 1. The molecule has 0 saturated carbocycles. The molecule has 1 aromatic carbocycles. The lowest BCUT2D eigenvalue weighted by atomic mass is 10.1. The molecule has 6 heteroatoms. The van der Waals surface area contributed by atoms with Gasteiger partial charge in [-0.2, -0.15) is 0 Å². The Hall–Kier alpha value is -1.66. The molecule has 22 heavy (non-hydrogen) atoms. The van der Waals surface area contributed by atoms with Crippen molar-refractivity contribution >= 4 is 27.1 Å². The van der Waals surface area contributed by atoms with Gasteiger partial charge in [0.05, 0.1) is 11.8 Å². The highest BCUT2D eigenvalue weighted by Crippen LogP contribution is 2.24. The number of carbonyl (C=O) groups is 1. The maximum atomic E-state index is 12.5. The fourth-order valence-electron chi connectivity index (χ4n) is 2.15. The molecule has 0 spiro atoms. The highest BCUT2D eigenvalue weighted by Gasteiger charge is 2.19. The molecule has 0 aliphatic carbocycles. The van der Waals surface area contributed by atoms with Gasteiger partial charge >= 0.3 is 0 Å². The summed E-state index contributed by atoms with van der Waals surface area (Å²) in [5.74, 6) is -0.0880. The summed E-state index contributed by atoms with van der Waals surface area (Å²) in [6.07, 6.45) is 1.20. The second-order valence-electron chi connectivity index (χ2n) is 5.37. The fourth-order valence-corrected chi connectivity index (χ4v) is 3.77. The second-order valence-corrected chi connectivity index (χ2v) is 8.49. The zero-order valence-electron chi connectivity index (χ0n) is 12.8. The second kappa shape index (κ2) is 6.62. The van der Waals surface area contributed by atoms with Crippen LogP contribution in [0.25, 0.3) is 0 Å². The Morgan fingerprint density at radius 1 is 1.23 bits per heavy atom. The maximum Gasteiger partial charge on any atom is 0.254 e. The Morgan fingerprint density at radius 3 is 2.36 bits per heavy atom. The normalized spacial score (nSPS) is 12.9. The van der Waals surface area contributed by atoms with Gasteiger partial charge in [0, 0.05) is 23.7 Å². The zero-order chi connectivity index (χ0) is 16.3. The van der Waals surface area contributed by atoms with Crippen LogP contribution in [-0.2, 0) is 15.6 Å². The summed E-state index contributed by atoms with van der Waals surface area (Å²) in [5.41, 5.74) is 1.25. The lowest BCUT2D eigenvalue weighted by molar-refractivity contribution is 0.0745.